The summed E-state index contributed by atoms with van der Waals surface area (Å²) in [6, 6.07) is 0.298. The van der Waals surface area contributed by atoms with Crippen LogP contribution in [0.4, 0.5) is 4.79 Å². The van der Waals surface area contributed by atoms with E-state index < -0.39 is 5.60 Å². The van der Waals surface area contributed by atoms with Crippen molar-refractivity contribution in [2.45, 2.75) is 57.4 Å². The minimum Gasteiger partial charge on any atom is -0.444 e. The number of piperidine rings is 1. The van der Waals surface area contributed by atoms with Crippen molar-refractivity contribution in [1.82, 2.24) is 9.88 Å². The lowest BCUT2D eigenvalue weighted by Crippen LogP contribution is -2.47. The topological polar surface area (TPSA) is 42.4 Å². The van der Waals surface area contributed by atoms with Gasteiger partial charge in [-0.2, -0.15) is 11.8 Å². The number of likely N-dealkylation sites (tertiary alicyclic amines) is 1. The Kier molecular flexibility index (Phi) is 5.93. The molecule has 0 bridgehead atoms. The van der Waals surface area contributed by atoms with Gasteiger partial charge >= 0.3 is 6.09 Å². The molecule has 0 aliphatic carbocycles. The highest BCUT2D eigenvalue weighted by Gasteiger charge is 2.30. The van der Waals surface area contributed by atoms with Gasteiger partial charge in [0.2, 0.25) is 0 Å². The summed E-state index contributed by atoms with van der Waals surface area (Å²) in [5.74, 6) is 1.94. The molecule has 0 radical (unpaired) electrons. The van der Waals surface area contributed by atoms with Crippen LogP contribution in [-0.4, -0.2) is 39.9 Å². The molecule has 1 aliphatic rings. The number of ether oxygens (including phenoxy) is 1. The zero-order chi connectivity index (χ0) is 15.3. The molecule has 6 heteroatoms. The number of rotatable bonds is 4. The Hall–Kier alpha value is -0.750. The summed E-state index contributed by atoms with van der Waals surface area (Å²) in [5.41, 5.74) is 1.44. The van der Waals surface area contributed by atoms with Gasteiger partial charge in [0.1, 0.15) is 5.60 Å². The van der Waals surface area contributed by atoms with Gasteiger partial charge in [-0.05, 0) is 40.0 Å². The van der Waals surface area contributed by atoms with Gasteiger partial charge in [0, 0.05) is 35.2 Å². The first-order valence-corrected chi connectivity index (χ1v) is 9.44. The fraction of sp³-hybridized carbons (Fsp3) is 0.733. The second-order valence-electron chi connectivity index (χ2n) is 6.31. The number of hydrogen-bond donors (Lipinski definition) is 0. The van der Waals surface area contributed by atoms with E-state index in [0.29, 0.717) is 6.04 Å². The van der Waals surface area contributed by atoms with Gasteiger partial charge in [-0.3, -0.25) is 4.98 Å². The molecule has 1 fully saturated rings. The summed E-state index contributed by atoms with van der Waals surface area (Å²) in [6.07, 6.45) is 5.12. The second-order valence-corrected chi connectivity index (χ2v) is 8.31. The molecule has 1 atom stereocenters. The fourth-order valence-corrected chi connectivity index (χ4v) is 4.26. The highest BCUT2D eigenvalue weighted by molar-refractivity contribution is 7.98. The van der Waals surface area contributed by atoms with E-state index in [-0.39, 0.29) is 6.09 Å². The van der Waals surface area contributed by atoms with Gasteiger partial charge < -0.3 is 9.64 Å². The van der Waals surface area contributed by atoms with Crippen molar-refractivity contribution in [3.05, 3.63) is 16.6 Å². The molecule has 1 aromatic rings. The maximum atomic E-state index is 12.3. The van der Waals surface area contributed by atoms with Crippen molar-refractivity contribution >= 4 is 29.2 Å². The molecule has 1 saturated heterocycles. The van der Waals surface area contributed by atoms with E-state index in [1.54, 1.807) is 11.3 Å². The van der Waals surface area contributed by atoms with E-state index in [1.165, 1.54) is 11.3 Å². The number of thioether (sulfide) groups is 1. The summed E-state index contributed by atoms with van der Waals surface area (Å²) in [6.45, 7) is 6.58. The standard InChI is InChI=1S/C15H24N2O2S2/c1-15(2,3)19-14(18)17-7-5-4-6-12(17)9-20-10-13-8-16-11-21-13/h8,11-12H,4-7,9-10H2,1-3H3/t12-/m0/s1. The van der Waals surface area contributed by atoms with Crippen molar-refractivity contribution in [2.75, 3.05) is 12.3 Å². The Bertz CT molecular complexity index is 443. The third kappa shape index (κ3) is 5.51. The Balaban J connectivity index is 1.84. The monoisotopic (exact) mass is 328 g/mol. The van der Waals surface area contributed by atoms with Gasteiger partial charge in [-0.15, -0.1) is 11.3 Å². The number of nitrogens with zero attached hydrogens (tertiary/aromatic N) is 2. The molecule has 0 spiro atoms. The first-order chi connectivity index (χ1) is 9.96. The molecule has 1 aromatic heterocycles. The lowest BCUT2D eigenvalue weighted by atomic mass is 10.0. The molecule has 0 unspecified atom stereocenters. The van der Waals surface area contributed by atoms with Crippen LogP contribution < -0.4 is 0 Å². The van der Waals surface area contributed by atoms with E-state index in [2.05, 4.69) is 4.98 Å². The molecule has 2 rings (SSSR count). The van der Waals surface area contributed by atoms with Crippen molar-refractivity contribution in [3.8, 4) is 0 Å². The molecule has 0 N–H and O–H groups in total. The number of amides is 1. The Morgan fingerprint density at radius 3 is 3.00 bits per heavy atom. The van der Waals surface area contributed by atoms with Crippen molar-refractivity contribution < 1.29 is 9.53 Å². The first-order valence-electron chi connectivity index (χ1n) is 7.40. The van der Waals surface area contributed by atoms with Crippen molar-refractivity contribution in [1.29, 1.82) is 0 Å². The van der Waals surface area contributed by atoms with Gasteiger partial charge in [0.25, 0.3) is 0 Å². The molecule has 1 aliphatic heterocycles. The van der Waals surface area contributed by atoms with Gasteiger partial charge in [0.05, 0.1) is 5.51 Å². The lowest BCUT2D eigenvalue weighted by Gasteiger charge is -2.36. The summed E-state index contributed by atoms with van der Waals surface area (Å²) in [4.78, 5) is 19.6. The predicted octanol–water partition coefficient (Wildman–Crippen LogP) is 4.17. The van der Waals surface area contributed by atoms with Crippen LogP contribution >= 0.6 is 23.1 Å². The highest BCUT2D eigenvalue weighted by atomic mass is 32.2. The SMILES string of the molecule is CC(C)(C)OC(=O)N1CCCC[C@H]1CSCc1cncs1. The van der Waals surface area contributed by atoms with Crippen LogP contribution in [0.25, 0.3) is 0 Å². The molecule has 1 amide bonds. The number of thiazole rings is 1. The van der Waals surface area contributed by atoms with Crippen LogP contribution in [0, 0.1) is 0 Å². The quantitative estimate of drug-likeness (QED) is 0.832. The van der Waals surface area contributed by atoms with Gasteiger partial charge in [0.15, 0.2) is 0 Å². The number of hydrogen-bond acceptors (Lipinski definition) is 5. The molecule has 0 saturated carbocycles. The average molecular weight is 329 g/mol. The summed E-state index contributed by atoms with van der Waals surface area (Å²) >= 11 is 3.56. The molecular weight excluding hydrogens is 304 g/mol. The van der Waals surface area contributed by atoms with Crippen LogP contribution in [-0.2, 0) is 10.5 Å². The van der Waals surface area contributed by atoms with E-state index in [0.717, 1.165) is 30.9 Å². The Labute approximate surface area is 135 Å². The molecule has 21 heavy (non-hydrogen) atoms. The second kappa shape index (κ2) is 7.49. The van der Waals surface area contributed by atoms with Crippen molar-refractivity contribution in [2.24, 2.45) is 0 Å². The zero-order valence-electron chi connectivity index (χ0n) is 13.0. The molecule has 118 valence electrons. The lowest BCUT2D eigenvalue weighted by molar-refractivity contribution is 0.0126. The van der Waals surface area contributed by atoms with Gasteiger partial charge in [-0.25, -0.2) is 4.79 Å². The third-order valence-corrected chi connectivity index (χ3v) is 5.39. The normalized spacial score (nSPS) is 19.6. The van der Waals surface area contributed by atoms with E-state index in [1.807, 2.05) is 49.1 Å². The average Bonchev–Trinajstić information content (AvgIpc) is 2.90. The van der Waals surface area contributed by atoms with Crippen LogP contribution in [0.15, 0.2) is 11.7 Å². The van der Waals surface area contributed by atoms with Crippen molar-refractivity contribution in [3.63, 3.8) is 0 Å². The predicted molar refractivity (Wildman–Crippen MR) is 88.9 cm³/mol. The van der Waals surface area contributed by atoms with E-state index in [9.17, 15) is 4.79 Å². The molecule has 0 aromatic carbocycles. The molecule has 4 nitrogen and oxygen atoms in total. The molecular formula is C15H24N2O2S2. The maximum absolute atomic E-state index is 12.3. The third-order valence-electron chi connectivity index (χ3n) is 3.29. The van der Waals surface area contributed by atoms with E-state index >= 15 is 0 Å². The largest absolute Gasteiger partial charge is 0.444 e. The van der Waals surface area contributed by atoms with E-state index in [4.69, 9.17) is 4.74 Å². The van der Waals surface area contributed by atoms with Crippen LogP contribution in [0.1, 0.15) is 44.9 Å². The van der Waals surface area contributed by atoms with Crippen LogP contribution in [0.5, 0.6) is 0 Å². The number of carbonyl (C=O) groups is 1. The summed E-state index contributed by atoms with van der Waals surface area (Å²) < 4.78 is 5.53. The fourth-order valence-electron chi connectivity index (χ4n) is 2.34. The van der Waals surface area contributed by atoms with Crippen LogP contribution in [0.3, 0.4) is 0 Å². The Morgan fingerprint density at radius 1 is 1.52 bits per heavy atom. The Morgan fingerprint density at radius 2 is 2.33 bits per heavy atom. The zero-order valence-corrected chi connectivity index (χ0v) is 14.6. The number of carbonyl (C=O) groups excluding carboxylic acids is 1. The minimum atomic E-state index is -0.422. The maximum Gasteiger partial charge on any atom is 0.410 e. The highest BCUT2D eigenvalue weighted by Crippen LogP contribution is 2.25. The molecule has 2 heterocycles. The smallest absolute Gasteiger partial charge is 0.410 e. The summed E-state index contributed by atoms with van der Waals surface area (Å²) in [5, 5.41) is 0. The first kappa shape index (κ1) is 16.6. The minimum absolute atomic E-state index is 0.161. The summed E-state index contributed by atoms with van der Waals surface area (Å²) in [7, 11) is 0. The van der Waals surface area contributed by atoms with Crippen LogP contribution in [0.2, 0.25) is 0 Å². The number of aromatic nitrogens is 1. The van der Waals surface area contributed by atoms with Gasteiger partial charge in [-0.1, -0.05) is 0 Å².